The van der Waals surface area contributed by atoms with Crippen LogP contribution in [0.5, 0.6) is 0 Å². The molecule has 0 aromatic heterocycles. The van der Waals surface area contributed by atoms with Crippen LogP contribution in [-0.4, -0.2) is 23.7 Å². The summed E-state index contributed by atoms with van der Waals surface area (Å²) in [5.74, 6) is -2.21. The third-order valence-electron chi connectivity index (χ3n) is 1.84. The first kappa shape index (κ1) is 13.4. The zero-order valence-electron chi connectivity index (χ0n) is 8.73. The van der Waals surface area contributed by atoms with Crippen molar-refractivity contribution in [1.29, 1.82) is 5.26 Å². The van der Waals surface area contributed by atoms with E-state index in [1.807, 2.05) is 6.07 Å². The van der Waals surface area contributed by atoms with Gasteiger partial charge in [0.1, 0.15) is 0 Å². The summed E-state index contributed by atoms with van der Waals surface area (Å²) in [5, 5.41) is 16.8. The Balaban J connectivity index is 3.50. The van der Waals surface area contributed by atoms with Crippen molar-refractivity contribution in [1.82, 2.24) is 0 Å². The second kappa shape index (κ2) is 7.80. The molecule has 0 fully saturated rings. The number of carboxylic acids is 1. The summed E-state index contributed by atoms with van der Waals surface area (Å²) in [6.07, 6.45) is 1.68. The molecule has 15 heavy (non-hydrogen) atoms. The van der Waals surface area contributed by atoms with Crippen LogP contribution in [0.25, 0.3) is 0 Å². The Labute approximate surface area is 88.6 Å². The highest BCUT2D eigenvalue weighted by Crippen LogP contribution is 2.04. The molecule has 0 aromatic rings. The Morgan fingerprint density at radius 1 is 1.47 bits per heavy atom. The van der Waals surface area contributed by atoms with Gasteiger partial charge in [0.05, 0.1) is 25.0 Å². The Kier molecular flexibility index (Phi) is 6.98. The van der Waals surface area contributed by atoms with Gasteiger partial charge in [-0.25, -0.2) is 0 Å². The largest absolute Gasteiger partial charge is 0.481 e. The van der Waals surface area contributed by atoms with Gasteiger partial charge in [-0.3, -0.25) is 9.59 Å². The fourth-order valence-corrected chi connectivity index (χ4v) is 0.888. The number of carboxylic acid groups (broad SMARTS) is 1. The fourth-order valence-electron chi connectivity index (χ4n) is 0.888. The summed E-state index contributed by atoms with van der Waals surface area (Å²) in [6, 6.07) is 1.98. The van der Waals surface area contributed by atoms with E-state index in [0.717, 1.165) is 0 Å². The minimum Gasteiger partial charge on any atom is -0.481 e. The number of hydrogen-bond acceptors (Lipinski definition) is 4. The van der Waals surface area contributed by atoms with E-state index in [1.165, 1.54) is 6.92 Å². The third kappa shape index (κ3) is 7.50. The maximum Gasteiger partial charge on any atom is 0.306 e. The number of ether oxygens (including phenoxy) is 1. The smallest absolute Gasteiger partial charge is 0.306 e. The monoisotopic (exact) mass is 213 g/mol. The predicted octanol–water partition coefficient (Wildman–Crippen LogP) is 1.33. The van der Waals surface area contributed by atoms with Gasteiger partial charge in [0.2, 0.25) is 0 Å². The van der Waals surface area contributed by atoms with Gasteiger partial charge in [-0.1, -0.05) is 6.92 Å². The molecule has 0 aliphatic heterocycles. The number of rotatable bonds is 7. The van der Waals surface area contributed by atoms with E-state index in [1.54, 1.807) is 0 Å². The Morgan fingerprint density at radius 2 is 2.13 bits per heavy atom. The normalized spacial score (nSPS) is 11.5. The Morgan fingerprint density at radius 3 is 2.67 bits per heavy atom. The van der Waals surface area contributed by atoms with Crippen molar-refractivity contribution in [3.8, 4) is 6.07 Å². The van der Waals surface area contributed by atoms with Gasteiger partial charge >= 0.3 is 11.9 Å². The van der Waals surface area contributed by atoms with Crippen LogP contribution >= 0.6 is 0 Å². The highest BCUT2D eigenvalue weighted by molar-refractivity contribution is 5.78. The molecule has 0 radical (unpaired) electrons. The van der Waals surface area contributed by atoms with Crippen LogP contribution in [0.2, 0.25) is 0 Å². The zero-order chi connectivity index (χ0) is 11.7. The minimum absolute atomic E-state index is 0.104. The standard InChI is InChI=1S/C10H15NO4/c1-8(10(13)14)7-9(12)15-6-4-2-3-5-11/h8H,2-4,6-7H2,1H3,(H,13,14). The van der Waals surface area contributed by atoms with E-state index in [9.17, 15) is 9.59 Å². The molecule has 0 spiro atoms. The quantitative estimate of drug-likeness (QED) is 0.509. The molecule has 5 nitrogen and oxygen atoms in total. The van der Waals surface area contributed by atoms with Crippen LogP contribution in [0, 0.1) is 17.2 Å². The van der Waals surface area contributed by atoms with E-state index in [-0.39, 0.29) is 13.0 Å². The first-order chi connectivity index (χ1) is 7.07. The first-order valence-electron chi connectivity index (χ1n) is 4.83. The average Bonchev–Trinajstić information content (AvgIpc) is 2.17. The van der Waals surface area contributed by atoms with Crippen molar-refractivity contribution in [3.63, 3.8) is 0 Å². The molecule has 0 aliphatic rings. The maximum absolute atomic E-state index is 11.0. The molecule has 0 aromatic carbocycles. The summed E-state index contributed by atoms with van der Waals surface area (Å²) in [4.78, 5) is 21.4. The molecule has 1 N–H and O–H groups in total. The van der Waals surface area contributed by atoms with Gasteiger partial charge in [-0.2, -0.15) is 5.26 Å². The van der Waals surface area contributed by atoms with Gasteiger partial charge in [-0.15, -0.1) is 0 Å². The molecule has 0 saturated carbocycles. The lowest BCUT2D eigenvalue weighted by Gasteiger charge is -2.06. The van der Waals surface area contributed by atoms with Crippen LogP contribution in [-0.2, 0) is 14.3 Å². The molecule has 0 amide bonds. The van der Waals surface area contributed by atoms with Crippen LogP contribution in [0.1, 0.15) is 32.6 Å². The average molecular weight is 213 g/mol. The number of nitriles is 1. The molecule has 0 aliphatic carbocycles. The molecule has 0 heterocycles. The second-order valence-electron chi connectivity index (χ2n) is 3.28. The predicted molar refractivity (Wildman–Crippen MR) is 51.8 cm³/mol. The summed E-state index contributed by atoms with van der Waals surface area (Å²) in [5.41, 5.74) is 0. The number of unbranched alkanes of at least 4 members (excludes halogenated alkanes) is 2. The maximum atomic E-state index is 11.0. The zero-order valence-corrected chi connectivity index (χ0v) is 8.73. The van der Waals surface area contributed by atoms with Gasteiger partial charge in [0.15, 0.2) is 0 Å². The van der Waals surface area contributed by atoms with Crippen molar-refractivity contribution in [2.75, 3.05) is 6.61 Å². The van der Waals surface area contributed by atoms with Gasteiger partial charge in [0, 0.05) is 6.42 Å². The fraction of sp³-hybridized carbons (Fsp3) is 0.700. The molecular weight excluding hydrogens is 198 g/mol. The number of nitrogens with zero attached hydrogens (tertiary/aromatic N) is 1. The lowest BCUT2D eigenvalue weighted by molar-refractivity contribution is -0.151. The molecule has 1 atom stereocenters. The van der Waals surface area contributed by atoms with E-state index in [2.05, 4.69) is 0 Å². The number of esters is 1. The lowest BCUT2D eigenvalue weighted by Crippen LogP contribution is -2.16. The number of aliphatic carboxylic acids is 1. The van der Waals surface area contributed by atoms with Gasteiger partial charge in [-0.05, 0) is 12.8 Å². The third-order valence-corrected chi connectivity index (χ3v) is 1.84. The van der Waals surface area contributed by atoms with E-state index < -0.39 is 17.9 Å². The Bertz CT molecular complexity index is 257. The second-order valence-corrected chi connectivity index (χ2v) is 3.28. The molecule has 5 heteroatoms. The lowest BCUT2D eigenvalue weighted by atomic mass is 10.1. The SMILES string of the molecule is CC(CC(=O)OCCCCC#N)C(=O)O. The molecular formula is C10H15NO4. The van der Waals surface area contributed by atoms with Crippen molar-refractivity contribution in [2.45, 2.75) is 32.6 Å². The van der Waals surface area contributed by atoms with Gasteiger partial charge < -0.3 is 9.84 Å². The summed E-state index contributed by atoms with van der Waals surface area (Å²) in [6.45, 7) is 1.71. The van der Waals surface area contributed by atoms with Crippen LogP contribution in [0.3, 0.4) is 0 Å². The van der Waals surface area contributed by atoms with E-state index >= 15 is 0 Å². The van der Waals surface area contributed by atoms with Crippen LogP contribution in [0.15, 0.2) is 0 Å². The van der Waals surface area contributed by atoms with Crippen LogP contribution in [0.4, 0.5) is 0 Å². The molecule has 1 unspecified atom stereocenters. The van der Waals surface area contributed by atoms with Crippen molar-refractivity contribution in [3.05, 3.63) is 0 Å². The van der Waals surface area contributed by atoms with Crippen molar-refractivity contribution < 1.29 is 19.4 Å². The van der Waals surface area contributed by atoms with Crippen molar-refractivity contribution >= 4 is 11.9 Å². The number of carbonyl (C=O) groups is 2. The highest BCUT2D eigenvalue weighted by atomic mass is 16.5. The van der Waals surface area contributed by atoms with Gasteiger partial charge in [0.25, 0.3) is 0 Å². The van der Waals surface area contributed by atoms with E-state index in [0.29, 0.717) is 19.3 Å². The summed E-state index contributed by atoms with van der Waals surface area (Å²) < 4.78 is 4.80. The summed E-state index contributed by atoms with van der Waals surface area (Å²) in [7, 11) is 0. The molecule has 0 rings (SSSR count). The molecule has 84 valence electrons. The number of hydrogen-bond donors (Lipinski definition) is 1. The topological polar surface area (TPSA) is 87.4 Å². The number of carbonyl (C=O) groups excluding carboxylic acids is 1. The first-order valence-corrected chi connectivity index (χ1v) is 4.83. The molecule has 0 bridgehead atoms. The minimum atomic E-state index is -1.00. The summed E-state index contributed by atoms with van der Waals surface area (Å²) >= 11 is 0. The highest BCUT2D eigenvalue weighted by Gasteiger charge is 2.16. The Hall–Kier alpha value is -1.57. The van der Waals surface area contributed by atoms with Crippen molar-refractivity contribution in [2.24, 2.45) is 5.92 Å². The van der Waals surface area contributed by atoms with Crippen LogP contribution < -0.4 is 0 Å². The van der Waals surface area contributed by atoms with E-state index in [4.69, 9.17) is 15.1 Å². The molecule has 0 saturated heterocycles.